The van der Waals surface area contributed by atoms with Gasteiger partial charge in [-0.1, -0.05) is 34.2 Å². The van der Waals surface area contributed by atoms with Crippen LogP contribution in [-0.4, -0.2) is 30.8 Å². The van der Waals surface area contributed by atoms with E-state index in [1.165, 1.54) is 0 Å². The fraction of sp³-hybridized carbons (Fsp3) is 0.231. The van der Waals surface area contributed by atoms with E-state index in [9.17, 15) is 0 Å². The molecule has 0 fully saturated rings. The number of aromatic nitrogens is 6. The second-order valence-electron chi connectivity index (χ2n) is 4.76. The fourth-order valence-electron chi connectivity index (χ4n) is 2.21. The van der Waals surface area contributed by atoms with Crippen molar-refractivity contribution in [1.29, 1.82) is 0 Å². The molecule has 21 heavy (non-hydrogen) atoms. The van der Waals surface area contributed by atoms with E-state index in [0.717, 1.165) is 0 Å². The van der Waals surface area contributed by atoms with Gasteiger partial charge in [0.1, 0.15) is 5.67 Å². The van der Waals surface area contributed by atoms with Gasteiger partial charge in [0, 0.05) is 30.3 Å². The Labute approximate surface area is 124 Å². The zero-order valence-corrected chi connectivity index (χ0v) is 11.7. The highest BCUT2D eigenvalue weighted by molar-refractivity contribution is 6.30. The molecule has 1 aromatic carbocycles. The third-order valence-electron chi connectivity index (χ3n) is 3.22. The van der Waals surface area contributed by atoms with Crippen molar-refractivity contribution < 1.29 is 4.39 Å². The molecule has 3 rings (SSSR count). The summed E-state index contributed by atoms with van der Waals surface area (Å²) in [6.45, 7) is 0. The maximum atomic E-state index is 15.6. The number of aromatic amines is 2. The summed E-state index contributed by atoms with van der Waals surface area (Å²) in [5, 5.41) is 20.7. The van der Waals surface area contributed by atoms with Gasteiger partial charge in [0.2, 0.25) is 0 Å². The molecule has 8 heteroatoms. The molecule has 0 atom stereocenters. The Hall–Kier alpha value is -2.28. The van der Waals surface area contributed by atoms with Gasteiger partial charge >= 0.3 is 0 Å². The molecule has 2 aromatic heterocycles. The third kappa shape index (κ3) is 3.08. The quantitative estimate of drug-likeness (QED) is 0.757. The van der Waals surface area contributed by atoms with E-state index in [4.69, 9.17) is 11.6 Å². The summed E-state index contributed by atoms with van der Waals surface area (Å²) in [5.41, 5.74) is -0.0805. The molecule has 2 N–H and O–H groups in total. The van der Waals surface area contributed by atoms with E-state index < -0.39 is 5.67 Å². The van der Waals surface area contributed by atoms with E-state index in [2.05, 4.69) is 30.8 Å². The minimum atomic E-state index is -1.67. The highest BCUT2D eigenvalue weighted by Crippen LogP contribution is 2.33. The van der Waals surface area contributed by atoms with Crippen molar-refractivity contribution in [2.24, 2.45) is 0 Å². The second-order valence-corrected chi connectivity index (χ2v) is 5.19. The molecule has 0 saturated heterocycles. The highest BCUT2D eigenvalue weighted by Gasteiger charge is 2.34. The van der Waals surface area contributed by atoms with Gasteiger partial charge in [-0.3, -0.25) is 10.2 Å². The van der Waals surface area contributed by atoms with Crippen molar-refractivity contribution in [1.82, 2.24) is 30.8 Å². The number of hydrogen-bond acceptors (Lipinski definition) is 4. The average molecular weight is 307 g/mol. The minimum absolute atomic E-state index is 0.0813. The predicted molar refractivity (Wildman–Crippen MR) is 74.4 cm³/mol. The number of alkyl halides is 1. The number of rotatable bonds is 5. The van der Waals surface area contributed by atoms with Crippen LogP contribution >= 0.6 is 11.6 Å². The minimum Gasteiger partial charge on any atom is -0.265 e. The van der Waals surface area contributed by atoms with Crippen LogP contribution in [0.3, 0.4) is 0 Å². The summed E-state index contributed by atoms with van der Waals surface area (Å²) in [5.74, 6) is 0. The lowest BCUT2D eigenvalue weighted by atomic mass is 9.87. The second kappa shape index (κ2) is 5.61. The number of H-pyrrole nitrogens is 2. The smallest absolute Gasteiger partial charge is 0.147 e. The Morgan fingerprint density at radius 3 is 1.90 bits per heavy atom. The van der Waals surface area contributed by atoms with Crippen LogP contribution in [0.25, 0.3) is 0 Å². The van der Waals surface area contributed by atoms with Crippen molar-refractivity contribution in [3.8, 4) is 0 Å². The molecule has 0 unspecified atom stereocenters. The van der Waals surface area contributed by atoms with Gasteiger partial charge in [0.05, 0.1) is 11.4 Å². The zero-order valence-electron chi connectivity index (χ0n) is 10.9. The number of nitrogens with one attached hydrogen (secondary N) is 2. The summed E-state index contributed by atoms with van der Waals surface area (Å²) in [6.07, 6.45) is 3.32. The molecule has 0 amide bonds. The van der Waals surface area contributed by atoms with Crippen LogP contribution in [-0.2, 0) is 18.5 Å². The van der Waals surface area contributed by atoms with E-state index >= 15 is 4.39 Å². The largest absolute Gasteiger partial charge is 0.265 e. The lowest BCUT2D eigenvalue weighted by Crippen LogP contribution is -2.27. The summed E-state index contributed by atoms with van der Waals surface area (Å²) >= 11 is 5.87. The Morgan fingerprint density at radius 1 is 0.952 bits per heavy atom. The number of benzene rings is 1. The normalized spacial score (nSPS) is 11.7. The number of nitrogens with zero attached hydrogens (tertiary/aromatic N) is 4. The lowest BCUT2D eigenvalue weighted by Gasteiger charge is -2.24. The topological polar surface area (TPSA) is 83.1 Å². The van der Waals surface area contributed by atoms with Crippen molar-refractivity contribution >= 4 is 11.6 Å². The molecule has 6 nitrogen and oxygen atoms in total. The van der Waals surface area contributed by atoms with Gasteiger partial charge in [-0.2, -0.15) is 0 Å². The third-order valence-corrected chi connectivity index (χ3v) is 3.47. The first-order valence-electron chi connectivity index (χ1n) is 6.31. The first-order valence-corrected chi connectivity index (χ1v) is 6.69. The van der Waals surface area contributed by atoms with E-state index in [-0.39, 0.29) is 12.8 Å². The van der Waals surface area contributed by atoms with Crippen molar-refractivity contribution in [2.45, 2.75) is 18.5 Å². The molecule has 0 radical (unpaired) electrons. The van der Waals surface area contributed by atoms with Crippen LogP contribution in [0.5, 0.6) is 0 Å². The zero-order chi connectivity index (χ0) is 14.7. The van der Waals surface area contributed by atoms with Crippen molar-refractivity contribution in [3.63, 3.8) is 0 Å². The molecule has 108 valence electrons. The molecule has 0 bridgehead atoms. The van der Waals surface area contributed by atoms with Gasteiger partial charge in [-0.15, -0.1) is 10.2 Å². The standard InChI is InChI=1S/C13H12ClFN6/c14-10-3-1-9(2-4-10)13(15,5-11-7-16-20-18-11)6-12-8-17-21-19-12/h1-4,7-8H,5-6H2,(H,16,18,20)(H,17,19,21). The van der Waals surface area contributed by atoms with Crippen LogP contribution in [0.2, 0.25) is 5.02 Å². The average Bonchev–Trinajstić information content (AvgIpc) is 3.13. The number of hydrogen-bond donors (Lipinski definition) is 2. The maximum absolute atomic E-state index is 15.6. The van der Waals surface area contributed by atoms with Crippen LogP contribution in [0, 0.1) is 0 Å². The molecule has 0 aliphatic carbocycles. The van der Waals surface area contributed by atoms with Crippen LogP contribution in [0.1, 0.15) is 17.0 Å². The summed E-state index contributed by atoms with van der Waals surface area (Å²) in [7, 11) is 0. The van der Waals surface area contributed by atoms with Crippen LogP contribution in [0.15, 0.2) is 36.7 Å². The molecule has 0 spiro atoms. The van der Waals surface area contributed by atoms with Gasteiger partial charge in [-0.25, -0.2) is 4.39 Å². The molecular formula is C13H12ClFN6. The Balaban J connectivity index is 1.94. The van der Waals surface area contributed by atoms with E-state index in [0.29, 0.717) is 22.0 Å². The van der Waals surface area contributed by atoms with E-state index in [1.807, 2.05) is 0 Å². The SMILES string of the molecule is FC(Cc1c[nH]nn1)(Cc1c[nH]nn1)c1ccc(Cl)cc1. The molecular weight excluding hydrogens is 295 g/mol. The highest BCUT2D eigenvalue weighted by atomic mass is 35.5. The summed E-state index contributed by atoms with van der Waals surface area (Å²) in [6, 6.07) is 6.67. The molecule has 0 saturated carbocycles. The van der Waals surface area contributed by atoms with Gasteiger partial charge in [0.15, 0.2) is 0 Å². The molecule has 0 aliphatic heterocycles. The monoisotopic (exact) mass is 306 g/mol. The van der Waals surface area contributed by atoms with Gasteiger partial charge < -0.3 is 0 Å². The van der Waals surface area contributed by atoms with Gasteiger partial charge in [0.25, 0.3) is 0 Å². The lowest BCUT2D eigenvalue weighted by molar-refractivity contribution is 0.161. The predicted octanol–water partition coefficient (Wildman–Crippen LogP) is 2.23. The molecule has 2 heterocycles. The molecule has 0 aliphatic rings. The summed E-state index contributed by atoms with van der Waals surface area (Å²) in [4.78, 5) is 0. The summed E-state index contributed by atoms with van der Waals surface area (Å²) < 4.78 is 15.6. The Bertz CT molecular complexity index is 644. The van der Waals surface area contributed by atoms with Crippen molar-refractivity contribution in [3.05, 3.63) is 58.6 Å². The van der Waals surface area contributed by atoms with Crippen LogP contribution < -0.4 is 0 Å². The molecule has 3 aromatic rings. The first kappa shape index (κ1) is 13.7. The van der Waals surface area contributed by atoms with Crippen molar-refractivity contribution in [2.75, 3.05) is 0 Å². The Kier molecular flexibility index (Phi) is 3.66. The Morgan fingerprint density at radius 2 is 1.48 bits per heavy atom. The first-order chi connectivity index (χ1) is 10.2. The van der Waals surface area contributed by atoms with Crippen LogP contribution in [0.4, 0.5) is 4.39 Å². The maximum Gasteiger partial charge on any atom is 0.147 e. The number of halogens is 2. The van der Waals surface area contributed by atoms with Gasteiger partial charge in [-0.05, 0) is 17.7 Å². The fourth-order valence-corrected chi connectivity index (χ4v) is 2.34. The van der Waals surface area contributed by atoms with E-state index in [1.54, 1.807) is 36.7 Å².